The molecule has 0 saturated carbocycles. The number of hydrogen-bond acceptors (Lipinski definition) is 2. The molecule has 78 valence electrons. The molecule has 0 aromatic carbocycles. The highest BCUT2D eigenvalue weighted by Crippen LogP contribution is 2.13. The smallest absolute Gasteiger partial charge is 0.305 e. The number of rotatable bonds is 7. The minimum atomic E-state index is -0.0806. The van der Waals surface area contributed by atoms with Gasteiger partial charge in [-0.05, 0) is 5.92 Å². The predicted octanol–water partition coefficient (Wildman–Crippen LogP) is 3.16. The molecule has 0 amide bonds. The van der Waals surface area contributed by atoms with Crippen LogP contribution in [0.3, 0.4) is 0 Å². The van der Waals surface area contributed by atoms with Crippen LogP contribution in [0.4, 0.5) is 0 Å². The van der Waals surface area contributed by atoms with Gasteiger partial charge in [0, 0.05) is 6.42 Å². The van der Waals surface area contributed by atoms with Gasteiger partial charge < -0.3 is 4.74 Å². The molecular formula is C11H22O2. The number of unbranched alkanes of at least 4 members (excludes halogenated alkanes) is 3. The maximum atomic E-state index is 10.9. The maximum absolute atomic E-state index is 10.9. The molecule has 0 unspecified atom stereocenters. The van der Waals surface area contributed by atoms with Gasteiger partial charge in [-0.1, -0.05) is 46.0 Å². The number of esters is 1. The molecule has 2 nitrogen and oxygen atoms in total. The third-order valence-corrected chi connectivity index (χ3v) is 2.29. The second-order valence-corrected chi connectivity index (χ2v) is 3.73. The third kappa shape index (κ3) is 7.82. The molecule has 0 fully saturated rings. The minimum absolute atomic E-state index is 0.0806. The predicted molar refractivity (Wildman–Crippen MR) is 54.6 cm³/mol. The quantitative estimate of drug-likeness (QED) is 0.451. The zero-order valence-corrected chi connectivity index (χ0v) is 9.14. The van der Waals surface area contributed by atoms with Crippen molar-refractivity contribution in [3.8, 4) is 0 Å². The van der Waals surface area contributed by atoms with E-state index in [1.165, 1.54) is 32.8 Å². The lowest BCUT2D eigenvalue weighted by atomic mass is 10.00. The highest BCUT2D eigenvalue weighted by molar-refractivity contribution is 5.69. The van der Waals surface area contributed by atoms with Crippen molar-refractivity contribution in [3.63, 3.8) is 0 Å². The van der Waals surface area contributed by atoms with E-state index in [9.17, 15) is 4.79 Å². The van der Waals surface area contributed by atoms with Crippen molar-refractivity contribution in [2.45, 2.75) is 52.4 Å². The Labute approximate surface area is 81.7 Å². The van der Waals surface area contributed by atoms with Crippen LogP contribution in [-0.4, -0.2) is 13.1 Å². The van der Waals surface area contributed by atoms with Crippen LogP contribution in [0.2, 0.25) is 0 Å². The first-order valence-corrected chi connectivity index (χ1v) is 5.27. The van der Waals surface area contributed by atoms with Crippen molar-refractivity contribution < 1.29 is 9.53 Å². The first-order chi connectivity index (χ1) is 6.20. The zero-order valence-electron chi connectivity index (χ0n) is 9.14. The van der Waals surface area contributed by atoms with Gasteiger partial charge in [-0.3, -0.25) is 4.79 Å². The first kappa shape index (κ1) is 12.5. The SMILES string of the molecule is CCCCCC[C@H](C)CC(=O)OC. The first-order valence-electron chi connectivity index (χ1n) is 5.27. The van der Waals surface area contributed by atoms with E-state index in [0.29, 0.717) is 12.3 Å². The van der Waals surface area contributed by atoms with Crippen molar-refractivity contribution in [2.24, 2.45) is 5.92 Å². The second kappa shape index (κ2) is 8.09. The molecule has 0 heterocycles. The molecule has 13 heavy (non-hydrogen) atoms. The number of carbonyl (C=O) groups is 1. The van der Waals surface area contributed by atoms with Gasteiger partial charge in [0.1, 0.15) is 0 Å². The van der Waals surface area contributed by atoms with Crippen LogP contribution in [0.15, 0.2) is 0 Å². The van der Waals surface area contributed by atoms with E-state index >= 15 is 0 Å². The molecule has 0 radical (unpaired) electrons. The van der Waals surface area contributed by atoms with Crippen molar-refractivity contribution in [1.29, 1.82) is 0 Å². The molecule has 2 heteroatoms. The van der Waals surface area contributed by atoms with Gasteiger partial charge in [0.2, 0.25) is 0 Å². The van der Waals surface area contributed by atoms with Crippen LogP contribution in [-0.2, 0) is 9.53 Å². The van der Waals surface area contributed by atoms with Crippen LogP contribution in [0.25, 0.3) is 0 Å². The van der Waals surface area contributed by atoms with Gasteiger partial charge in [-0.25, -0.2) is 0 Å². The molecule has 0 rings (SSSR count). The van der Waals surface area contributed by atoms with Gasteiger partial charge in [0.15, 0.2) is 0 Å². The van der Waals surface area contributed by atoms with E-state index in [4.69, 9.17) is 0 Å². The summed E-state index contributed by atoms with van der Waals surface area (Å²) in [6.07, 6.45) is 6.84. The highest BCUT2D eigenvalue weighted by atomic mass is 16.5. The summed E-state index contributed by atoms with van der Waals surface area (Å²) in [6.45, 7) is 4.32. The summed E-state index contributed by atoms with van der Waals surface area (Å²) in [7, 11) is 1.45. The fourth-order valence-corrected chi connectivity index (χ4v) is 1.39. The molecule has 1 atom stereocenters. The molecular weight excluding hydrogens is 164 g/mol. The van der Waals surface area contributed by atoms with Crippen molar-refractivity contribution >= 4 is 5.97 Å². The van der Waals surface area contributed by atoms with E-state index in [-0.39, 0.29) is 5.97 Å². The van der Waals surface area contributed by atoms with Crippen LogP contribution >= 0.6 is 0 Å². The van der Waals surface area contributed by atoms with E-state index in [2.05, 4.69) is 18.6 Å². The molecule has 0 aliphatic rings. The zero-order chi connectivity index (χ0) is 10.1. The summed E-state index contributed by atoms with van der Waals surface area (Å²) in [4.78, 5) is 10.9. The topological polar surface area (TPSA) is 26.3 Å². The van der Waals surface area contributed by atoms with Gasteiger partial charge >= 0.3 is 5.97 Å². The Hall–Kier alpha value is -0.530. The minimum Gasteiger partial charge on any atom is -0.469 e. The summed E-state index contributed by atoms with van der Waals surface area (Å²) in [5.74, 6) is 0.396. The fourth-order valence-electron chi connectivity index (χ4n) is 1.39. The maximum Gasteiger partial charge on any atom is 0.305 e. The van der Waals surface area contributed by atoms with Gasteiger partial charge in [0.25, 0.3) is 0 Å². The van der Waals surface area contributed by atoms with Crippen LogP contribution in [0.5, 0.6) is 0 Å². The number of ether oxygens (including phenoxy) is 1. The Balaban J connectivity index is 3.29. The van der Waals surface area contributed by atoms with E-state index in [1.54, 1.807) is 0 Å². The summed E-state index contributed by atoms with van der Waals surface area (Å²) >= 11 is 0. The number of carbonyl (C=O) groups excluding carboxylic acids is 1. The Morgan fingerprint density at radius 2 is 2.00 bits per heavy atom. The largest absolute Gasteiger partial charge is 0.469 e. The third-order valence-electron chi connectivity index (χ3n) is 2.29. The lowest BCUT2D eigenvalue weighted by Crippen LogP contribution is -2.06. The van der Waals surface area contributed by atoms with E-state index in [0.717, 1.165) is 6.42 Å². The number of methoxy groups -OCH3 is 1. The molecule has 0 aromatic heterocycles. The summed E-state index contributed by atoms with van der Waals surface area (Å²) in [5.41, 5.74) is 0. The summed E-state index contributed by atoms with van der Waals surface area (Å²) in [5, 5.41) is 0. The Bertz CT molecular complexity index is 132. The van der Waals surface area contributed by atoms with E-state index in [1.807, 2.05) is 0 Å². The lowest BCUT2D eigenvalue weighted by Gasteiger charge is -2.08. The van der Waals surface area contributed by atoms with Gasteiger partial charge in [-0.2, -0.15) is 0 Å². The standard InChI is InChI=1S/C11H22O2/c1-4-5-6-7-8-10(2)9-11(12)13-3/h10H,4-9H2,1-3H3/t10-/m0/s1. The van der Waals surface area contributed by atoms with Crippen LogP contribution in [0, 0.1) is 5.92 Å². The molecule has 0 aromatic rings. The van der Waals surface area contributed by atoms with Gasteiger partial charge in [0.05, 0.1) is 7.11 Å². The van der Waals surface area contributed by atoms with E-state index < -0.39 is 0 Å². The molecule has 0 N–H and O–H groups in total. The Morgan fingerprint density at radius 1 is 1.31 bits per heavy atom. The lowest BCUT2D eigenvalue weighted by molar-refractivity contribution is -0.141. The second-order valence-electron chi connectivity index (χ2n) is 3.73. The number of hydrogen-bond donors (Lipinski definition) is 0. The van der Waals surface area contributed by atoms with Crippen molar-refractivity contribution in [2.75, 3.05) is 7.11 Å². The molecule has 0 aliphatic heterocycles. The van der Waals surface area contributed by atoms with Crippen molar-refractivity contribution in [1.82, 2.24) is 0 Å². The van der Waals surface area contributed by atoms with Gasteiger partial charge in [-0.15, -0.1) is 0 Å². The molecule has 0 bridgehead atoms. The Morgan fingerprint density at radius 3 is 2.54 bits per heavy atom. The average Bonchev–Trinajstić information content (AvgIpc) is 2.12. The molecule has 0 spiro atoms. The van der Waals surface area contributed by atoms with Crippen molar-refractivity contribution in [3.05, 3.63) is 0 Å². The molecule has 0 aliphatic carbocycles. The molecule has 0 saturated heterocycles. The Kier molecular flexibility index (Phi) is 7.76. The summed E-state index contributed by atoms with van der Waals surface area (Å²) in [6, 6.07) is 0. The summed E-state index contributed by atoms with van der Waals surface area (Å²) < 4.78 is 4.61. The van der Waals surface area contributed by atoms with Crippen LogP contribution < -0.4 is 0 Å². The van der Waals surface area contributed by atoms with Crippen LogP contribution in [0.1, 0.15) is 52.4 Å². The fraction of sp³-hybridized carbons (Fsp3) is 0.909. The average molecular weight is 186 g/mol. The monoisotopic (exact) mass is 186 g/mol. The normalized spacial score (nSPS) is 12.5. The highest BCUT2D eigenvalue weighted by Gasteiger charge is 2.07.